The van der Waals surface area contributed by atoms with E-state index in [2.05, 4.69) is 15.6 Å². The van der Waals surface area contributed by atoms with Crippen LogP contribution in [0, 0.1) is 17.5 Å². The number of hydrogen-bond donors (Lipinski definition) is 2. The lowest BCUT2D eigenvalue weighted by Gasteiger charge is -2.21. The summed E-state index contributed by atoms with van der Waals surface area (Å²) in [6.07, 6.45) is 0.734. The molecule has 0 spiro atoms. The molecule has 3 rings (SSSR count). The maximum absolute atomic E-state index is 14.0. The molecule has 0 saturated carbocycles. The molecule has 2 aromatic carbocycles. The maximum Gasteiger partial charge on any atom is 0.191 e. The second-order valence-corrected chi connectivity index (χ2v) is 7.74. The van der Waals surface area contributed by atoms with Crippen molar-refractivity contribution < 1.29 is 13.2 Å². The maximum atomic E-state index is 14.0. The summed E-state index contributed by atoms with van der Waals surface area (Å²) in [4.78, 5) is 7.86. The third kappa shape index (κ3) is 5.44. The molecule has 0 aliphatic carbocycles. The molecule has 0 aromatic heterocycles. The fourth-order valence-electron chi connectivity index (χ4n) is 3.65. The highest BCUT2D eigenvalue weighted by molar-refractivity contribution is 5.80. The normalized spacial score (nSPS) is 17.0. The van der Waals surface area contributed by atoms with Crippen LogP contribution in [0.4, 0.5) is 18.9 Å². The lowest BCUT2D eigenvalue weighted by Crippen LogP contribution is -2.44. The zero-order valence-corrected chi connectivity index (χ0v) is 17.6. The Bertz CT molecular complexity index is 880. The van der Waals surface area contributed by atoms with Crippen LogP contribution in [0.15, 0.2) is 41.4 Å². The molecule has 1 saturated heterocycles. The quantitative estimate of drug-likeness (QED) is 0.558. The molecule has 30 heavy (non-hydrogen) atoms. The van der Waals surface area contributed by atoms with Crippen LogP contribution in [-0.2, 0) is 13.1 Å². The summed E-state index contributed by atoms with van der Waals surface area (Å²) in [7, 11) is 5.46. The molecule has 1 fully saturated rings. The molecule has 1 aliphatic rings. The molecule has 0 radical (unpaired) electrons. The van der Waals surface area contributed by atoms with Crippen LogP contribution < -0.4 is 15.5 Å². The molecule has 1 aliphatic heterocycles. The molecule has 5 nitrogen and oxygen atoms in total. The Balaban J connectivity index is 1.57. The number of nitrogens with zero attached hydrogens (tertiary/aromatic N) is 3. The van der Waals surface area contributed by atoms with Crippen LogP contribution in [0.2, 0.25) is 0 Å². The SMILES string of the molecule is CN=C(NCc1ccc(F)c(CN(C)C)c1)NC1CCN(c2c(F)cccc2F)C1. The number of benzene rings is 2. The van der Waals surface area contributed by atoms with Crippen LogP contribution in [0.3, 0.4) is 0 Å². The Morgan fingerprint density at radius 2 is 1.87 bits per heavy atom. The van der Waals surface area contributed by atoms with E-state index in [1.807, 2.05) is 25.1 Å². The number of rotatable bonds is 6. The van der Waals surface area contributed by atoms with E-state index in [4.69, 9.17) is 0 Å². The van der Waals surface area contributed by atoms with E-state index in [0.717, 1.165) is 12.0 Å². The molecule has 0 bridgehead atoms. The summed E-state index contributed by atoms with van der Waals surface area (Å²) in [6, 6.07) is 8.98. The van der Waals surface area contributed by atoms with Crippen LogP contribution in [0.5, 0.6) is 0 Å². The zero-order valence-electron chi connectivity index (χ0n) is 17.6. The fourth-order valence-corrected chi connectivity index (χ4v) is 3.65. The van der Waals surface area contributed by atoms with Crippen molar-refractivity contribution in [3.8, 4) is 0 Å². The smallest absolute Gasteiger partial charge is 0.191 e. The number of para-hydroxylation sites is 1. The number of hydrogen-bond acceptors (Lipinski definition) is 3. The van der Waals surface area contributed by atoms with Crippen molar-refractivity contribution in [3.05, 3.63) is 65.0 Å². The average Bonchev–Trinajstić information content (AvgIpc) is 3.15. The van der Waals surface area contributed by atoms with Gasteiger partial charge in [0.1, 0.15) is 23.1 Å². The minimum absolute atomic E-state index is 0.00715. The molecule has 1 atom stereocenters. The van der Waals surface area contributed by atoms with E-state index >= 15 is 0 Å². The van der Waals surface area contributed by atoms with Gasteiger partial charge in [-0.1, -0.05) is 12.1 Å². The lowest BCUT2D eigenvalue weighted by molar-refractivity contribution is 0.392. The monoisotopic (exact) mass is 419 g/mol. The summed E-state index contributed by atoms with van der Waals surface area (Å²) in [5.74, 6) is -0.735. The van der Waals surface area contributed by atoms with Gasteiger partial charge in [-0.3, -0.25) is 4.99 Å². The second-order valence-electron chi connectivity index (χ2n) is 7.74. The Kier molecular flexibility index (Phi) is 7.20. The van der Waals surface area contributed by atoms with Gasteiger partial charge in [0.05, 0.1) is 0 Å². The Morgan fingerprint density at radius 3 is 2.53 bits per heavy atom. The molecular weight excluding hydrogens is 391 g/mol. The summed E-state index contributed by atoms with van der Waals surface area (Å²) in [5.41, 5.74) is 1.60. The summed E-state index contributed by atoms with van der Waals surface area (Å²) in [6.45, 7) is 2.04. The van der Waals surface area contributed by atoms with Gasteiger partial charge < -0.3 is 20.4 Å². The highest BCUT2D eigenvalue weighted by atomic mass is 19.1. The number of halogens is 3. The van der Waals surface area contributed by atoms with E-state index in [0.29, 0.717) is 37.7 Å². The fraction of sp³-hybridized carbons (Fsp3) is 0.409. The van der Waals surface area contributed by atoms with Gasteiger partial charge in [0.25, 0.3) is 0 Å². The van der Waals surface area contributed by atoms with Gasteiger partial charge in [-0.15, -0.1) is 0 Å². The van der Waals surface area contributed by atoms with Crippen LogP contribution in [0.1, 0.15) is 17.5 Å². The third-order valence-corrected chi connectivity index (χ3v) is 5.06. The first-order chi connectivity index (χ1) is 14.4. The van der Waals surface area contributed by atoms with Gasteiger partial charge in [-0.25, -0.2) is 13.2 Å². The van der Waals surface area contributed by atoms with E-state index in [9.17, 15) is 13.2 Å². The van der Waals surface area contributed by atoms with Crippen LogP contribution in [0.25, 0.3) is 0 Å². The van der Waals surface area contributed by atoms with Crippen molar-refractivity contribution in [2.75, 3.05) is 39.1 Å². The minimum Gasteiger partial charge on any atom is -0.365 e. The van der Waals surface area contributed by atoms with E-state index < -0.39 is 11.6 Å². The molecule has 0 amide bonds. The topological polar surface area (TPSA) is 42.9 Å². The van der Waals surface area contributed by atoms with Crippen molar-refractivity contribution in [1.82, 2.24) is 15.5 Å². The Labute approximate surface area is 175 Å². The Morgan fingerprint density at radius 1 is 1.13 bits per heavy atom. The first-order valence-corrected chi connectivity index (χ1v) is 9.95. The molecular formula is C22H28F3N5. The van der Waals surface area contributed by atoms with Crippen molar-refractivity contribution >= 4 is 11.6 Å². The molecule has 2 N–H and O–H groups in total. The number of guanidine groups is 1. The minimum atomic E-state index is -0.553. The van der Waals surface area contributed by atoms with Crippen molar-refractivity contribution in [1.29, 1.82) is 0 Å². The van der Waals surface area contributed by atoms with E-state index in [1.54, 1.807) is 18.0 Å². The predicted molar refractivity (Wildman–Crippen MR) is 114 cm³/mol. The van der Waals surface area contributed by atoms with Crippen molar-refractivity contribution in [3.63, 3.8) is 0 Å². The van der Waals surface area contributed by atoms with Gasteiger partial charge in [-0.05, 0) is 50.3 Å². The largest absolute Gasteiger partial charge is 0.365 e. The van der Waals surface area contributed by atoms with Gasteiger partial charge in [-0.2, -0.15) is 0 Å². The van der Waals surface area contributed by atoms with Crippen LogP contribution in [-0.4, -0.2) is 51.1 Å². The van der Waals surface area contributed by atoms with Gasteiger partial charge in [0, 0.05) is 44.8 Å². The highest BCUT2D eigenvalue weighted by Crippen LogP contribution is 2.26. The van der Waals surface area contributed by atoms with Crippen LogP contribution >= 0.6 is 0 Å². The standard InChI is InChI=1S/C22H28F3N5/c1-26-22(27-12-15-7-8-18(23)16(11-15)13-29(2)3)28-17-9-10-30(14-17)21-19(24)5-4-6-20(21)25/h4-8,11,17H,9-10,12-14H2,1-3H3,(H2,26,27,28). The average molecular weight is 419 g/mol. The van der Waals surface area contributed by atoms with E-state index in [1.165, 1.54) is 24.3 Å². The lowest BCUT2D eigenvalue weighted by atomic mass is 10.1. The summed E-state index contributed by atoms with van der Waals surface area (Å²) < 4.78 is 42.0. The number of anilines is 1. The highest BCUT2D eigenvalue weighted by Gasteiger charge is 2.27. The zero-order chi connectivity index (χ0) is 21.7. The molecule has 162 valence electrons. The number of nitrogens with one attached hydrogen (secondary N) is 2. The molecule has 2 aromatic rings. The molecule has 1 heterocycles. The van der Waals surface area contributed by atoms with Crippen molar-refractivity contribution in [2.24, 2.45) is 4.99 Å². The Hall–Kier alpha value is -2.74. The molecule has 1 unspecified atom stereocenters. The summed E-state index contributed by atoms with van der Waals surface area (Å²) in [5, 5.41) is 6.53. The predicted octanol–water partition coefficient (Wildman–Crippen LogP) is 3.11. The number of aliphatic imine (C=N–C) groups is 1. The van der Waals surface area contributed by atoms with Gasteiger partial charge >= 0.3 is 0 Å². The van der Waals surface area contributed by atoms with Gasteiger partial charge in [0.2, 0.25) is 0 Å². The first-order valence-electron chi connectivity index (χ1n) is 9.95. The second kappa shape index (κ2) is 9.84. The first kappa shape index (κ1) is 22.0. The third-order valence-electron chi connectivity index (χ3n) is 5.06. The van der Waals surface area contributed by atoms with Crippen molar-refractivity contribution in [2.45, 2.75) is 25.6 Å². The van der Waals surface area contributed by atoms with E-state index in [-0.39, 0.29) is 17.5 Å². The molecule has 8 heteroatoms. The van der Waals surface area contributed by atoms with Gasteiger partial charge in [0.15, 0.2) is 5.96 Å². The summed E-state index contributed by atoms with van der Waals surface area (Å²) >= 11 is 0.